The normalized spacial score (nSPS) is 27.7. The lowest BCUT2D eigenvalue weighted by Crippen LogP contribution is -2.41. The average molecular weight is 288 g/mol. The Morgan fingerprint density at radius 2 is 2.00 bits per heavy atom. The van der Waals surface area contributed by atoms with E-state index >= 15 is 0 Å². The first kappa shape index (κ1) is 14.4. The largest absolute Gasteiger partial charge is 0.349 e. The van der Waals surface area contributed by atoms with E-state index in [2.05, 4.69) is 5.32 Å². The highest BCUT2D eigenvalue weighted by Gasteiger charge is 2.39. The Morgan fingerprint density at radius 1 is 1.24 bits per heavy atom. The predicted molar refractivity (Wildman–Crippen MR) is 82.5 cm³/mol. The number of hydrogen-bond acceptors (Lipinski definition) is 2. The van der Waals surface area contributed by atoms with E-state index in [4.69, 9.17) is 0 Å². The number of aryl methyl sites for hydroxylation is 1. The Labute approximate surface area is 125 Å². The van der Waals surface area contributed by atoms with Crippen LogP contribution >= 0.6 is 0 Å². The van der Waals surface area contributed by atoms with Crippen molar-refractivity contribution in [2.75, 3.05) is 0 Å². The fraction of sp³-hybridized carbons (Fsp3) is 0.647. The van der Waals surface area contributed by atoms with Crippen molar-refractivity contribution in [2.24, 2.45) is 18.9 Å². The number of carbonyl (C=O) groups excluding carboxylic acids is 1. The number of fused-ring (bicyclic) bond motifs is 1. The smallest absolute Gasteiger partial charge is 0.263 e. The Balaban J connectivity index is 1.82. The highest BCUT2D eigenvalue weighted by atomic mass is 16.2. The van der Waals surface area contributed by atoms with Crippen molar-refractivity contribution in [1.82, 2.24) is 9.88 Å². The quantitative estimate of drug-likeness (QED) is 0.908. The third-order valence-corrected chi connectivity index (χ3v) is 5.61. The van der Waals surface area contributed by atoms with E-state index in [9.17, 15) is 9.59 Å². The number of carbonyl (C=O) groups is 1. The lowest BCUT2D eigenvalue weighted by Gasteiger charge is -2.20. The van der Waals surface area contributed by atoms with Crippen LogP contribution in [0.1, 0.15) is 53.7 Å². The maximum Gasteiger partial charge on any atom is 0.263 e. The first-order valence-corrected chi connectivity index (χ1v) is 7.97. The molecule has 2 aliphatic carbocycles. The van der Waals surface area contributed by atoms with Gasteiger partial charge in [-0.05, 0) is 56.6 Å². The van der Waals surface area contributed by atoms with Crippen LogP contribution in [0.15, 0.2) is 10.9 Å². The Kier molecular flexibility index (Phi) is 3.64. The molecule has 2 aliphatic rings. The molecule has 2 saturated carbocycles. The molecular formula is C17H24N2O2. The van der Waals surface area contributed by atoms with E-state index in [-0.39, 0.29) is 23.1 Å². The number of aromatic nitrogens is 1. The highest BCUT2D eigenvalue weighted by molar-refractivity contribution is 5.94. The van der Waals surface area contributed by atoms with Gasteiger partial charge in [0.25, 0.3) is 11.5 Å². The van der Waals surface area contributed by atoms with Crippen LogP contribution in [-0.2, 0) is 7.05 Å². The summed E-state index contributed by atoms with van der Waals surface area (Å²) in [6.07, 6.45) is 6.10. The fourth-order valence-corrected chi connectivity index (χ4v) is 4.13. The molecule has 0 bridgehead atoms. The molecule has 0 saturated heterocycles. The van der Waals surface area contributed by atoms with Gasteiger partial charge >= 0.3 is 0 Å². The maximum absolute atomic E-state index is 12.5. The van der Waals surface area contributed by atoms with Crippen molar-refractivity contribution in [1.29, 1.82) is 0 Å². The summed E-state index contributed by atoms with van der Waals surface area (Å²) in [5, 5.41) is 3.13. The molecule has 1 aromatic heterocycles. The van der Waals surface area contributed by atoms with Crippen LogP contribution in [0.3, 0.4) is 0 Å². The van der Waals surface area contributed by atoms with E-state index in [1.165, 1.54) is 25.7 Å². The number of rotatable bonds is 2. The highest BCUT2D eigenvalue weighted by Crippen LogP contribution is 2.43. The van der Waals surface area contributed by atoms with Crippen LogP contribution in [0.5, 0.6) is 0 Å². The van der Waals surface area contributed by atoms with E-state index in [1.54, 1.807) is 17.7 Å². The second-order valence-electron chi connectivity index (χ2n) is 6.70. The topological polar surface area (TPSA) is 51.1 Å². The molecular weight excluding hydrogens is 264 g/mol. The molecule has 2 fully saturated rings. The second kappa shape index (κ2) is 5.32. The van der Waals surface area contributed by atoms with Crippen LogP contribution in [0.25, 0.3) is 0 Å². The van der Waals surface area contributed by atoms with E-state index in [0.717, 1.165) is 23.6 Å². The van der Waals surface area contributed by atoms with Gasteiger partial charge in [0.15, 0.2) is 0 Å². The summed E-state index contributed by atoms with van der Waals surface area (Å²) < 4.78 is 1.57. The first-order chi connectivity index (χ1) is 9.99. The molecule has 1 heterocycles. The van der Waals surface area contributed by atoms with Crippen molar-refractivity contribution in [3.05, 3.63) is 33.2 Å². The molecule has 3 atom stereocenters. The van der Waals surface area contributed by atoms with Crippen molar-refractivity contribution >= 4 is 5.91 Å². The van der Waals surface area contributed by atoms with Gasteiger partial charge in [0.05, 0.1) is 0 Å². The summed E-state index contributed by atoms with van der Waals surface area (Å²) in [5.74, 6) is 1.22. The minimum absolute atomic E-state index is 0.198. The van der Waals surface area contributed by atoms with Gasteiger partial charge in [0.2, 0.25) is 0 Å². The summed E-state index contributed by atoms with van der Waals surface area (Å²) in [4.78, 5) is 24.8. The van der Waals surface area contributed by atoms with Crippen LogP contribution in [0, 0.1) is 25.7 Å². The molecule has 0 spiro atoms. The Hall–Kier alpha value is -1.58. The van der Waals surface area contributed by atoms with E-state index in [1.807, 2.05) is 13.8 Å². The van der Waals surface area contributed by atoms with Gasteiger partial charge in [-0.25, -0.2) is 0 Å². The number of pyridine rings is 1. The second-order valence-corrected chi connectivity index (χ2v) is 6.70. The standard InChI is InChI=1S/C17H24N2O2/c1-10-9-14(17(21)19(3)11(10)2)16(20)18-15-8-7-12-5-4-6-13(12)15/h9,12-13,15H,4-8H2,1-3H3,(H,18,20)/t12-,13-,15-/m0/s1. The summed E-state index contributed by atoms with van der Waals surface area (Å²) in [5.41, 5.74) is 1.97. The first-order valence-electron chi connectivity index (χ1n) is 7.97. The molecule has 4 heteroatoms. The maximum atomic E-state index is 12.5. The Morgan fingerprint density at radius 3 is 2.76 bits per heavy atom. The molecule has 0 aliphatic heterocycles. The number of hydrogen-bond donors (Lipinski definition) is 1. The van der Waals surface area contributed by atoms with Crippen LogP contribution in [0.4, 0.5) is 0 Å². The van der Waals surface area contributed by atoms with Gasteiger partial charge in [-0.2, -0.15) is 0 Å². The zero-order valence-electron chi connectivity index (χ0n) is 13.1. The van der Waals surface area contributed by atoms with Gasteiger partial charge in [-0.3, -0.25) is 9.59 Å². The van der Waals surface area contributed by atoms with Crippen LogP contribution < -0.4 is 10.9 Å². The molecule has 3 rings (SSSR count). The number of amides is 1. The van der Waals surface area contributed by atoms with Crippen molar-refractivity contribution in [2.45, 2.75) is 52.0 Å². The third kappa shape index (κ3) is 2.41. The summed E-state index contributed by atoms with van der Waals surface area (Å²) in [7, 11) is 1.73. The van der Waals surface area contributed by atoms with Gasteiger partial charge < -0.3 is 9.88 Å². The van der Waals surface area contributed by atoms with Crippen LogP contribution in [-0.4, -0.2) is 16.5 Å². The fourth-order valence-electron chi connectivity index (χ4n) is 4.13. The minimum atomic E-state index is -0.198. The molecule has 1 aromatic rings. The Bertz CT molecular complexity index is 632. The summed E-state index contributed by atoms with van der Waals surface area (Å²) in [6, 6.07) is 1.99. The molecule has 114 valence electrons. The predicted octanol–water partition coefficient (Wildman–Crippen LogP) is 2.31. The number of nitrogens with one attached hydrogen (secondary N) is 1. The molecule has 21 heavy (non-hydrogen) atoms. The monoisotopic (exact) mass is 288 g/mol. The van der Waals surface area contributed by atoms with E-state index in [0.29, 0.717) is 5.92 Å². The van der Waals surface area contributed by atoms with Crippen LogP contribution in [0.2, 0.25) is 0 Å². The van der Waals surface area contributed by atoms with Gasteiger partial charge in [-0.15, -0.1) is 0 Å². The molecule has 0 unspecified atom stereocenters. The molecule has 4 nitrogen and oxygen atoms in total. The zero-order valence-corrected chi connectivity index (χ0v) is 13.1. The molecule has 0 aromatic carbocycles. The van der Waals surface area contributed by atoms with Gasteiger partial charge in [-0.1, -0.05) is 12.8 Å². The molecule has 1 N–H and O–H groups in total. The lowest BCUT2D eigenvalue weighted by atomic mass is 9.97. The average Bonchev–Trinajstić information content (AvgIpc) is 3.05. The third-order valence-electron chi connectivity index (χ3n) is 5.61. The van der Waals surface area contributed by atoms with Gasteiger partial charge in [0.1, 0.15) is 5.56 Å². The van der Waals surface area contributed by atoms with Crippen molar-refractivity contribution in [3.63, 3.8) is 0 Å². The van der Waals surface area contributed by atoms with Gasteiger partial charge in [0, 0.05) is 18.8 Å². The SMILES string of the molecule is Cc1cc(C(=O)N[C@H]2CC[C@@H]3CCC[C@@H]32)c(=O)n(C)c1C. The van der Waals surface area contributed by atoms with Crippen molar-refractivity contribution in [3.8, 4) is 0 Å². The summed E-state index contributed by atoms with van der Waals surface area (Å²) in [6.45, 7) is 3.84. The molecule has 0 radical (unpaired) electrons. The number of nitrogens with zero attached hydrogens (tertiary/aromatic N) is 1. The zero-order chi connectivity index (χ0) is 15.1. The lowest BCUT2D eigenvalue weighted by molar-refractivity contribution is 0.0924. The summed E-state index contributed by atoms with van der Waals surface area (Å²) >= 11 is 0. The van der Waals surface area contributed by atoms with Crippen molar-refractivity contribution < 1.29 is 4.79 Å². The molecule has 1 amide bonds. The van der Waals surface area contributed by atoms with E-state index < -0.39 is 0 Å². The minimum Gasteiger partial charge on any atom is -0.349 e.